The molecule has 25 heavy (non-hydrogen) atoms. The molecule has 0 aliphatic rings. The van der Waals surface area contributed by atoms with E-state index in [9.17, 15) is 13.2 Å². The quantitative estimate of drug-likeness (QED) is 0.715. The molecule has 2 aromatic carbocycles. The number of ether oxygens (including phenoxy) is 2. The van der Waals surface area contributed by atoms with Gasteiger partial charge in [-0.25, -0.2) is 9.67 Å². The predicted octanol–water partition coefficient (Wildman–Crippen LogP) is 3.97. The number of aromatic nitrogens is 3. The fraction of sp³-hybridized carbons (Fsp3) is 0.176. The van der Waals surface area contributed by atoms with Crippen LogP contribution in [0.3, 0.4) is 0 Å². The van der Waals surface area contributed by atoms with E-state index in [0.29, 0.717) is 22.7 Å². The summed E-state index contributed by atoms with van der Waals surface area (Å²) in [6.07, 6.45) is -4.64. The highest BCUT2D eigenvalue weighted by atomic mass is 19.4. The van der Waals surface area contributed by atoms with Gasteiger partial charge < -0.3 is 9.47 Å². The van der Waals surface area contributed by atoms with Gasteiger partial charge in [0.25, 0.3) is 5.82 Å². The number of alkyl halides is 3. The Morgan fingerprint density at radius 3 is 1.84 bits per heavy atom. The lowest BCUT2D eigenvalue weighted by Crippen LogP contribution is -2.08. The number of methoxy groups -OCH3 is 2. The Balaban J connectivity index is 2.12. The van der Waals surface area contributed by atoms with Crippen LogP contribution in [-0.4, -0.2) is 29.0 Å². The third-order valence-corrected chi connectivity index (χ3v) is 3.53. The first-order valence-electron chi connectivity index (χ1n) is 7.25. The Hall–Kier alpha value is -3.03. The number of hydrogen-bond donors (Lipinski definition) is 0. The number of nitrogens with zero attached hydrogens (tertiary/aromatic N) is 3. The molecule has 8 heteroatoms. The van der Waals surface area contributed by atoms with Crippen LogP contribution in [0.15, 0.2) is 48.5 Å². The molecule has 0 bridgehead atoms. The second-order valence-corrected chi connectivity index (χ2v) is 5.10. The van der Waals surface area contributed by atoms with Gasteiger partial charge in [-0.15, -0.1) is 5.10 Å². The summed E-state index contributed by atoms with van der Waals surface area (Å²) < 4.78 is 50.5. The largest absolute Gasteiger partial charge is 0.497 e. The average Bonchev–Trinajstić information content (AvgIpc) is 3.07. The van der Waals surface area contributed by atoms with E-state index in [4.69, 9.17) is 9.47 Å². The van der Waals surface area contributed by atoms with Gasteiger partial charge in [-0.2, -0.15) is 13.2 Å². The van der Waals surface area contributed by atoms with E-state index in [2.05, 4.69) is 10.1 Å². The lowest BCUT2D eigenvalue weighted by atomic mass is 10.2. The summed E-state index contributed by atoms with van der Waals surface area (Å²) in [6.45, 7) is 0. The van der Waals surface area contributed by atoms with E-state index in [0.717, 1.165) is 4.68 Å². The van der Waals surface area contributed by atoms with Gasteiger partial charge in [0.1, 0.15) is 11.5 Å². The minimum absolute atomic E-state index is 0.0835. The summed E-state index contributed by atoms with van der Waals surface area (Å²) in [7, 11) is 3.02. The maximum atomic E-state index is 13.1. The van der Waals surface area contributed by atoms with E-state index in [1.54, 1.807) is 48.5 Å². The Kier molecular flexibility index (Phi) is 4.35. The third kappa shape index (κ3) is 3.42. The fourth-order valence-corrected chi connectivity index (χ4v) is 2.26. The first kappa shape index (κ1) is 16.8. The van der Waals surface area contributed by atoms with Crippen molar-refractivity contribution in [2.45, 2.75) is 6.18 Å². The van der Waals surface area contributed by atoms with Crippen LogP contribution in [0, 0.1) is 0 Å². The van der Waals surface area contributed by atoms with Crippen molar-refractivity contribution in [2.75, 3.05) is 14.2 Å². The number of hydrogen-bond acceptors (Lipinski definition) is 4. The van der Waals surface area contributed by atoms with Crippen molar-refractivity contribution in [3.63, 3.8) is 0 Å². The molecule has 0 amide bonds. The zero-order valence-electron chi connectivity index (χ0n) is 13.4. The topological polar surface area (TPSA) is 49.2 Å². The van der Waals surface area contributed by atoms with Gasteiger partial charge in [0, 0.05) is 5.56 Å². The molecule has 0 fully saturated rings. The van der Waals surface area contributed by atoms with Crippen LogP contribution >= 0.6 is 0 Å². The van der Waals surface area contributed by atoms with Crippen molar-refractivity contribution in [1.82, 2.24) is 14.8 Å². The van der Waals surface area contributed by atoms with Crippen LogP contribution in [-0.2, 0) is 6.18 Å². The molecular formula is C17H14F3N3O2. The maximum Gasteiger partial charge on any atom is 0.453 e. The van der Waals surface area contributed by atoms with Crippen LogP contribution in [0.1, 0.15) is 5.82 Å². The number of benzene rings is 2. The molecule has 1 heterocycles. The van der Waals surface area contributed by atoms with Crippen molar-refractivity contribution in [1.29, 1.82) is 0 Å². The van der Waals surface area contributed by atoms with E-state index < -0.39 is 12.0 Å². The average molecular weight is 349 g/mol. The van der Waals surface area contributed by atoms with Crippen molar-refractivity contribution in [3.05, 3.63) is 54.4 Å². The Morgan fingerprint density at radius 2 is 1.36 bits per heavy atom. The van der Waals surface area contributed by atoms with E-state index in [1.807, 2.05) is 0 Å². The summed E-state index contributed by atoms with van der Waals surface area (Å²) in [5, 5.41) is 3.63. The Morgan fingerprint density at radius 1 is 0.840 bits per heavy atom. The van der Waals surface area contributed by atoms with Gasteiger partial charge >= 0.3 is 6.18 Å². The zero-order chi connectivity index (χ0) is 18.0. The van der Waals surface area contributed by atoms with Crippen LogP contribution in [0.4, 0.5) is 13.2 Å². The molecule has 3 aromatic rings. The number of rotatable bonds is 4. The SMILES string of the molecule is COc1ccc(-c2nc(C(F)(F)F)nn2-c2ccc(OC)cc2)cc1. The van der Waals surface area contributed by atoms with E-state index in [1.165, 1.54) is 14.2 Å². The maximum absolute atomic E-state index is 13.1. The van der Waals surface area contributed by atoms with Crippen molar-refractivity contribution < 1.29 is 22.6 Å². The first-order chi connectivity index (χ1) is 11.9. The van der Waals surface area contributed by atoms with Gasteiger partial charge in [0.2, 0.25) is 0 Å². The first-order valence-corrected chi connectivity index (χ1v) is 7.25. The molecule has 3 rings (SSSR count). The number of halogens is 3. The summed E-state index contributed by atoms with van der Waals surface area (Å²) in [6, 6.07) is 13.1. The lowest BCUT2D eigenvalue weighted by molar-refractivity contribution is -0.144. The minimum Gasteiger partial charge on any atom is -0.497 e. The molecular weight excluding hydrogens is 335 g/mol. The van der Waals surface area contributed by atoms with Gasteiger partial charge in [0.15, 0.2) is 5.82 Å². The second kappa shape index (κ2) is 6.46. The molecule has 0 spiro atoms. The lowest BCUT2D eigenvalue weighted by Gasteiger charge is -2.07. The molecule has 0 N–H and O–H groups in total. The third-order valence-electron chi connectivity index (χ3n) is 3.53. The van der Waals surface area contributed by atoms with Crippen LogP contribution < -0.4 is 9.47 Å². The zero-order valence-corrected chi connectivity index (χ0v) is 13.4. The summed E-state index contributed by atoms with van der Waals surface area (Å²) in [5.74, 6) is 0.0653. The smallest absolute Gasteiger partial charge is 0.453 e. The molecule has 5 nitrogen and oxygen atoms in total. The highest BCUT2D eigenvalue weighted by Gasteiger charge is 2.37. The van der Waals surface area contributed by atoms with Gasteiger partial charge in [-0.3, -0.25) is 0 Å². The molecule has 0 saturated heterocycles. The van der Waals surface area contributed by atoms with Gasteiger partial charge in [0.05, 0.1) is 19.9 Å². The molecule has 0 unspecified atom stereocenters. The van der Waals surface area contributed by atoms with Crippen LogP contribution in [0.2, 0.25) is 0 Å². The highest BCUT2D eigenvalue weighted by molar-refractivity contribution is 5.59. The van der Waals surface area contributed by atoms with Gasteiger partial charge in [-0.05, 0) is 48.5 Å². The normalized spacial score (nSPS) is 11.4. The molecule has 0 radical (unpaired) electrons. The highest BCUT2D eigenvalue weighted by Crippen LogP contribution is 2.31. The molecule has 0 aliphatic carbocycles. The summed E-state index contributed by atoms with van der Waals surface area (Å²) >= 11 is 0. The summed E-state index contributed by atoms with van der Waals surface area (Å²) in [5.41, 5.74) is 0.925. The fourth-order valence-electron chi connectivity index (χ4n) is 2.26. The summed E-state index contributed by atoms with van der Waals surface area (Å²) in [4.78, 5) is 3.68. The van der Waals surface area contributed by atoms with Crippen molar-refractivity contribution in [3.8, 4) is 28.6 Å². The van der Waals surface area contributed by atoms with Crippen LogP contribution in [0.25, 0.3) is 17.1 Å². The van der Waals surface area contributed by atoms with E-state index in [-0.39, 0.29) is 5.82 Å². The second-order valence-electron chi connectivity index (χ2n) is 5.10. The van der Waals surface area contributed by atoms with Crippen LogP contribution in [0.5, 0.6) is 11.5 Å². The molecule has 130 valence electrons. The minimum atomic E-state index is -4.64. The Labute approximate surface area is 141 Å². The molecule has 0 aliphatic heterocycles. The predicted molar refractivity (Wildman–Crippen MR) is 84.9 cm³/mol. The molecule has 0 atom stereocenters. The van der Waals surface area contributed by atoms with Crippen molar-refractivity contribution >= 4 is 0 Å². The van der Waals surface area contributed by atoms with E-state index >= 15 is 0 Å². The standard InChI is InChI=1S/C17H14F3N3O2/c1-24-13-7-3-11(4-8-13)15-21-16(17(18,19)20)22-23(15)12-5-9-14(25-2)10-6-12/h3-10H,1-2H3. The molecule has 0 saturated carbocycles. The Bertz CT molecular complexity index is 791. The monoisotopic (exact) mass is 349 g/mol. The van der Waals surface area contributed by atoms with Crippen molar-refractivity contribution in [2.24, 2.45) is 0 Å². The van der Waals surface area contributed by atoms with Gasteiger partial charge in [-0.1, -0.05) is 0 Å². The molecule has 1 aromatic heterocycles.